The Kier molecular flexibility index (Phi) is 5.33. The summed E-state index contributed by atoms with van der Waals surface area (Å²) < 4.78 is 7.17. The third kappa shape index (κ3) is 4.04. The van der Waals surface area contributed by atoms with Gasteiger partial charge >= 0.3 is 0 Å². The standard InChI is InChI=1S/C16H24N4O/c1-5-8-17-15(10-14-11-20(3)19-18-14)13-7-6-12(2)16(9-13)21-4/h6-7,9,11,15,17H,5,8,10H2,1-4H3. The third-order valence-corrected chi connectivity index (χ3v) is 3.54. The smallest absolute Gasteiger partial charge is 0.122 e. The normalized spacial score (nSPS) is 12.4. The highest BCUT2D eigenvalue weighted by Gasteiger charge is 2.15. The van der Waals surface area contributed by atoms with Gasteiger partial charge in [-0.25, -0.2) is 0 Å². The first-order chi connectivity index (χ1) is 10.1. The van der Waals surface area contributed by atoms with Gasteiger partial charge in [-0.3, -0.25) is 4.68 Å². The van der Waals surface area contributed by atoms with Crippen LogP contribution in [0, 0.1) is 6.92 Å². The van der Waals surface area contributed by atoms with Gasteiger partial charge < -0.3 is 10.1 Å². The van der Waals surface area contributed by atoms with E-state index in [1.54, 1.807) is 11.8 Å². The second-order valence-corrected chi connectivity index (χ2v) is 5.32. The van der Waals surface area contributed by atoms with Crippen molar-refractivity contribution >= 4 is 0 Å². The lowest BCUT2D eigenvalue weighted by Gasteiger charge is -2.19. The average molecular weight is 288 g/mol. The molecule has 0 bridgehead atoms. The van der Waals surface area contributed by atoms with Crippen molar-refractivity contribution in [2.24, 2.45) is 7.05 Å². The van der Waals surface area contributed by atoms with Crippen molar-refractivity contribution < 1.29 is 4.74 Å². The summed E-state index contributed by atoms with van der Waals surface area (Å²) in [6, 6.07) is 6.59. The van der Waals surface area contributed by atoms with Crippen molar-refractivity contribution in [3.63, 3.8) is 0 Å². The van der Waals surface area contributed by atoms with Gasteiger partial charge in [0.15, 0.2) is 0 Å². The molecule has 2 aromatic rings. The minimum Gasteiger partial charge on any atom is -0.496 e. The lowest BCUT2D eigenvalue weighted by atomic mass is 10.00. The topological polar surface area (TPSA) is 52.0 Å². The van der Waals surface area contributed by atoms with Crippen LogP contribution in [0.15, 0.2) is 24.4 Å². The summed E-state index contributed by atoms with van der Waals surface area (Å²) in [5.41, 5.74) is 3.36. The quantitative estimate of drug-likeness (QED) is 0.850. The van der Waals surface area contributed by atoms with Crippen molar-refractivity contribution in [2.45, 2.75) is 32.7 Å². The van der Waals surface area contributed by atoms with Crippen molar-refractivity contribution in [1.29, 1.82) is 0 Å². The summed E-state index contributed by atoms with van der Waals surface area (Å²) >= 11 is 0. The fraction of sp³-hybridized carbons (Fsp3) is 0.500. The van der Waals surface area contributed by atoms with Crippen LogP contribution in [0.3, 0.4) is 0 Å². The van der Waals surface area contributed by atoms with Crippen LogP contribution in [-0.2, 0) is 13.5 Å². The first-order valence-electron chi connectivity index (χ1n) is 7.37. The fourth-order valence-corrected chi connectivity index (χ4v) is 2.38. The zero-order valence-electron chi connectivity index (χ0n) is 13.3. The molecule has 0 aliphatic carbocycles. The van der Waals surface area contributed by atoms with Crippen molar-refractivity contribution in [1.82, 2.24) is 20.3 Å². The minimum atomic E-state index is 0.219. The van der Waals surface area contributed by atoms with E-state index in [1.807, 2.05) is 13.2 Å². The highest BCUT2D eigenvalue weighted by atomic mass is 16.5. The Bertz CT molecular complexity index is 579. The second-order valence-electron chi connectivity index (χ2n) is 5.32. The van der Waals surface area contributed by atoms with Crippen LogP contribution in [0.1, 0.15) is 36.2 Å². The van der Waals surface area contributed by atoms with E-state index in [1.165, 1.54) is 5.56 Å². The van der Waals surface area contributed by atoms with E-state index in [2.05, 4.69) is 47.7 Å². The minimum absolute atomic E-state index is 0.219. The van der Waals surface area contributed by atoms with Gasteiger partial charge in [0.25, 0.3) is 0 Å². The molecular weight excluding hydrogens is 264 g/mol. The summed E-state index contributed by atoms with van der Waals surface area (Å²) in [6.07, 6.45) is 3.88. The number of ether oxygens (including phenoxy) is 1. The van der Waals surface area contributed by atoms with Crippen LogP contribution in [-0.4, -0.2) is 28.6 Å². The largest absolute Gasteiger partial charge is 0.496 e. The molecule has 0 radical (unpaired) electrons. The Morgan fingerprint density at radius 3 is 2.81 bits per heavy atom. The van der Waals surface area contributed by atoms with Gasteiger partial charge in [0.05, 0.1) is 12.8 Å². The van der Waals surface area contributed by atoms with Gasteiger partial charge in [0, 0.05) is 25.7 Å². The highest BCUT2D eigenvalue weighted by Crippen LogP contribution is 2.25. The molecule has 0 fully saturated rings. The highest BCUT2D eigenvalue weighted by molar-refractivity contribution is 5.38. The van der Waals surface area contributed by atoms with Crippen LogP contribution in [0.2, 0.25) is 0 Å². The molecule has 0 saturated carbocycles. The van der Waals surface area contributed by atoms with E-state index >= 15 is 0 Å². The Labute approximate surface area is 126 Å². The van der Waals surface area contributed by atoms with E-state index in [4.69, 9.17) is 4.74 Å². The zero-order chi connectivity index (χ0) is 15.2. The fourth-order valence-electron chi connectivity index (χ4n) is 2.38. The Morgan fingerprint density at radius 1 is 1.38 bits per heavy atom. The van der Waals surface area contributed by atoms with Crippen LogP contribution < -0.4 is 10.1 Å². The molecule has 2 rings (SSSR count). The molecular formula is C16H24N4O. The summed E-state index contributed by atoms with van der Waals surface area (Å²) in [5.74, 6) is 0.926. The van der Waals surface area contributed by atoms with Crippen LogP contribution >= 0.6 is 0 Å². The van der Waals surface area contributed by atoms with E-state index in [0.29, 0.717) is 0 Å². The predicted molar refractivity (Wildman–Crippen MR) is 83.5 cm³/mol. The van der Waals surface area contributed by atoms with Gasteiger partial charge in [0.1, 0.15) is 5.75 Å². The molecule has 0 saturated heterocycles. The van der Waals surface area contributed by atoms with E-state index in [0.717, 1.165) is 36.4 Å². The number of nitrogens with zero attached hydrogens (tertiary/aromatic N) is 3. The molecule has 1 N–H and O–H groups in total. The summed E-state index contributed by atoms with van der Waals surface area (Å²) in [5, 5.41) is 11.8. The van der Waals surface area contributed by atoms with E-state index < -0.39 is 0 Å². The number of aryl methyl sites for hydroxylation is 2. The molecule has 5 nitrogen and oxygen atoms in total. The molecule has 1 aromatic carbocycles. The lowest BCUT2D eigenvalue weighted by Crippen LogP contribution is -2.24. The monoisotopic (exact) mass is 288 g/mol. The van der Waals surface area contributed by atoms with Crippen molar-refractivity contribution in [3.8, 4) is 5.75 Å². The third-order valence-electron chi connectivity index (χ3n) is 3.54. The molecule has 1 aromatic heterocycles. The maximum atomic E-state index is 5.43. The lowest BCUT2D eigenvalue weighted by molar-refractivity contribution is 0.409. The molecule has 1 atom stereocenters. The number of nitrogens with one attached hydrogen (secondary N) is 1. The molecule has 1 unspecified atom stereocenters. The van der Waals surface area contributed by atoms with Crippen LogP contribution in [0.5, 0.6) is 5.75 Å². The average Bonchev–Trinajstić information content (AvgIpc) is 2.89. The Morgan fingerprint density at radius 2 is 2.19 bits per heavy atom. The van der Waals surface area contributed by atoms with E-state index in [-0.39, 0.29) is 6.04 Å². The van der Waals surface area contributed by atoms with Gasteiger partial charge in [-0.05, 0) is 37.1 Å². The maximum Gasteiger partial charge on any atom is 0.122 e. The maximum absolute atomic E-state index is 5.43. The first kappa shape index (κ1) is 15.5. The number of benzene rings is 1. The molecule has 0 aliphatic heterocycles. The van der Waals surface area contributed by atoms with Gasteiger partial charge in [-0.1, -0.05) is 24.3 Å². The van der Waals surface area contributed by atoms with Gasteiger partial charge in [0.2, 0.25) is 0 Å². The first-order valence-corrected chi connectivity index (χ1v) is 7.37. The number of rotatable bonds is 7. The van der Waals surface area contributed by atoms with E-state index in [9.17, 15) is 0 Å². The predicted octanol–water partition coefficient (Wildman–Crippen LogP) is 2.42. The van der Waals surface area contributed by atoms with Crippen molar-refractivity contribution in [2.75, 3.05) is 13.7 Å². The molecule has 0 aliphatic rings. The molecule has 114 valence electrons. The zero-order valence-corrected chi connectivity index (χ0v) is 13.3. The Balaban J connectivity index is 2.22. The number of aromatic nitrogens is 3. The summed E-state index contributed by atoms with van der Waals surface area (Å²) in [4.78, 5) is 0. The van der Waals surface area contributed by atoms with Gasteiger partial charge in [-0.2, -0.15) is 0 Å². The number of hydrogen-bond acceptors (Lipinski definition) is 4. The van der Waals surface area contributed by atoms with Crippen molar-refractivity contribution in [3.05, 3.63) is 41.2 Å². The second kappa shape index (κ2) is 7.22. The molecule has 1 heterocycles. The molecule has 0 amide bonds. The molecule has 21 heavy (non-hydrogen) atoms. The van der Waals surface area contributed by atoms with Crippen LogP contribution in [0.4, 0.5) is 0 Å². The Hall–Kier alpha value is -1.88. The van der Waals surface area contributed by atoms with Crippen LogP contribution in [0.25, 0.3) is 0 Å². The summed E-state index contributed by atoms with van der Waals surface area (Å²) in [6.45, 7) is 5.20. The van der Waals surface area contributed by atoms with Gasteiger partial charge in [-0.15, -0.1) is 5.10 Å². The summed E-state index contributed by atoms with van der Waals surface area (Å²) in [7, 11) is 3.60. The number of hydrogen-bond donors (Lipinski definition) is 1. The number of methoxy groups -OCH3 is 1. The SMILES string of the molecule is CCCNC(Cc1cn(C)nn1)c1ccc(C)c(OC)c1. The molecule has 0 spiro atoms. The molecule has 5 heteroatoms.